The summed E-state index contributed by atoms with van der Waals surface area (Å²) in [5, 5.41) is 0. The first-order chi connectivity index (χ1) is 11.8. The van der Waals surface area contributed by atoms with Crippen molar-refractivity contribution in [2.75, 3.05) is 6.54 Å². The zero-order chi connectivity index (χ0) is 18.6. The summed E-state index contributed by atoms with van der Waals surface area (Å²) >= 11 is 0. The molecular weight excluding hydrogens is 319 g/mol. The van der Waals surface area contributed by atoms with Crippen molar-refractivity contribution in [2.24, 2.45) is 5.73 Å². The van der Waals surface area contributed by atoms with Gasteiger partial charge in [0.2, 0.25) is 0 Å². The van der Waals surface area contributed by atoms with E-state index in [-0.39, 0.29) is 11.9 Å². The molecule has 1 fully saturated rings. The zero-order valence-electron chi connectivity index (χ0n) is 15.2. The fourth-order valence-corrected chi connectivity index (χ4v) is 3.33. The number of piperidine rings is 1. The number of rotatable bonds is 4. The molecule has 0 aliphatic carbocycles. The second-order valence-electron chi connectivity index (χ2n) is 6.79. The van der Waals surface area contributed by atoms with Gasteiger partial charge in [-0.1, -0.05) is 12.1 Å². The number of aryl methyl sites for hydroxylation is 1. The van der Waals surface area contributed by atoms with Gasteiger partial charge in [0.1, 0.15) is 11.6 Å². The standard InChI is InChI=1S/C20H27FN2O2/c1-5-9-20(22)10-11-23(19(24)25-15(4)6-2)18(13-20)17-8-7-16(21)12-14(17)3/h5-8,12,18H,1,9-11,13,22H2,2-4H3/b15-6+/t18-,20+/m1/s1. The first-order valence-electron chi connectivity index (χ1n) is 8.57. The average molecular weight is 346 g/mol. The van der Waals surface area contributed by atoms with Crippen LogP contribution < -0.4 is 5.73 Å². The van der Waals surface area contributed by atoms with Crippen LogP contribution in [0.5, 0.6) is 0 Å². The molecule has 1 amide bonds. The lowest BCUT2D eigenvalue weighted by Crippen LogP contribution is -2.53. The van der Waals surface area contributed by atoms with E-state index in [0.29, 0.717) is 31.6 Å². The Bertz CT molecular complexity index is 686. The Morgan fingerprint density at radius 1 is 1.56 bits per heavy atom. The minimum atomic E-state index is -0.431. The minimum absolute atomic E-state index is 0.253. The molecule has 136 valence electrons. The SMILES string of the molecule is C=CC[C@]1(N)CCN(C(=O)O/C(C)=C/C)[C@@H](c2ccc(F)cc2C)C1. The van der Waals surface area contributed by atoms with Crippen molar-refractivity contribution < 1.29 is 13.9 Å². The first kappa shape index (κ1) is 19.2. The highest BCUT2D eigenvalue weighted by Gasteiger charge is 2.40. The lowest BCUT2D eigenvalue weighted by molar-refractivity contribution is 0.0711. The van der Waals surface area contributed by atoms with Crippen molar-refractivity contribution in [3.05, 3.63) is 59.6 Å². The molecule has 4 nitrogen and oxygen atoms in total. The van der Waals surface area contributed by atoms with Crippen molar-refractivity contribution in [1.82, 2.24) is 4.90 Å². The summed E-state index contributed by atoms with van der Waals surface area (Å²) in [6.45, 7) is 9.68. The van der Waals surface area contributed by atoms with E-state index < -0.39 is 11.6 Å². The maximum Gasteiger partial charge on any atom is 0.415 e. The summed E-state index contributed by atoms with van der Waals surface area (Å²) in [7, 11) is 0. The number of halogens is 1. The van der Waals surface area contributed by atoms with Gasteiger partial charge in [-0.3, -0.25) is 0 Å². The topological polar surface area (TPSA) is 55.6 Å². The number of likely N-dealkylation sites (tertiary alicyclic amines) is 1. The molecule has 0 aromatic heterocycles. The quantitative estimate of drug-likeness (QED) is 0.640. The van der Waals surface area contributed by atoms with Gasteiger partial charge < -0.3 is 15.4 Å². The van der Waals surface area contributed by atoms with Crippen LogP contribution in [-0.4, -0.2) is 23.1 Å². The fraction of sp³-hybridized carbons (Fsp3) is 0.450. The second kappa shape index (κ2) is 7.83. The highest BCUT2D eigenvalue weighted by molar-refractivity contribution is 5.70. The molecule has 0 unspecified atom stereocenters. The summed E-state index contributed by atoms with van der Waals surface area (Å²) in [4.78, 5) is 14.3. The molecule has 1 saturated heterocycles. The highest BCUT2D eigenvalue weighted by atomic mass is 19.1. The number of ether oxygens (including phenoxy) is 1. The molecule has 2 rings (SSSR count). The van der Waals surface area contributed by atoms with Crippen molar-refractivity contribution >= 4 is 6.09 Å². The van der Waals surface area contributed by atoms with E-state index in [9.17, 15) is 9.18 Å². The Morgan fingerprint density at radius 2 is 2.28 bits per heavy atom. The number of nitrogens with zero attached hydrogens (tertiary/aromatic N) is 1. The Kier molecular flexibility index (Phi) is 6.01. The molecule has 25 heavy (non-hydrogen) atoms. The average Bonchev–Trinajstić information content (AvgIpc) is 2.54. The van der Waals surface area contributed by atoms with Crippen LogP contribution in [0.4, 0.5) is 9.18 Å². The molecule has 2 atom stereocenters. The second-order valence-corrected chi connectivity index (χ2v) is 6.79. The molecule has 1 aromatic rings. The Hall–Kier alpha value is -2.14. The van der Waals surface area contributed by atoms with Gasteiger partial charge >= 0.3 is 6.09 Å². The highest BCUT2D eigenvalue weighted by Crippen LogP contribution is 2.39. The monoisotopic (exact) mass is 346 g/mol. The molecule has 2 N–H and O–H groups in total. The molecule has 1 aliphatic rings. The van der Waals surface area contributed by atoms with E-state index in [1.165, 1.54) is 12.1 Å². The van der Waals surface area contributed by atoms with Gasteiger partial charge in [0.15, 0.2) is 0 Å². The number of hydrogen-bond donors (Lipinski definition) is 1. The van der Waals surface area contributed by atoms with Crippen LogP contribution in [0.2, 0.25) is 0 Å². The van der Waals surface area contributed by atoms with E-state index in [2.05, 4.69) is 6.58 Å². The van der Waals surface area contributed by atoms with E-state index >= 15 is 0 Å². The third kappa shape index (κ3) is 4.48. The minimum Gasteiger partial charge on any atom is -0.415 e. The van der Waals surface area contributed by atoms with Crippen LogP contribution in [0.15, 0.2) is 42.7 Å². The Balaban J connectivity index is 2.37. The van der Waals surface area contributed by atoms with Gasteiger partial charge in [-0.25, -0.2) is 9.18 Å². The van der Waals surface area contributed by atoms with Gasteiger partial charge in [-0.15, -0.1) is 6.58 Å². The zero-order valence-corrected chi connectivity index (χ0v) is 15.2. The number of hydrogen-bond acceptors (Lipinski definition) is 3. The fourth-order valence-electron chi connectivity index (χ4n) is 3.33. The van der Waals surface area contributed by atoms with Crippen LogP contribution in [0.3, 0.4) is 0 Å². The molecule has 0 spiro atoms. The normalized spacial score (nSPS) is 24.1. The molecule has 0 saturated carbocycles. The largest absolute Gasteiger partial charge is 0.415 e. The van der Waals surface area contributed by atoms with Crippen LogP contribution in [0.25, 0.3) is 0 Å². The van der Waals surface area contributed by atoms with Crippen LogP contribution >= 0.6 is 0 Å². The molecule has 1 aromatic carbocycles. The first-order valence-corrected chi connectivity index (χ1v) is 8.57. The maximum atomic E-state index is 13.5. The predicted octanol–water partition coefficient (Wildman–Crippen LogP) is 4.60. The third-order valence-electron chi connectivity index (χ3n) is 4.86. The molecular formula is C20H27FN2O2. The number of carbonyl (C=O) groups is 1. The molecule has 5 heteroatoms. The van der Waals surface area contributed by atoms with Crippen LogP contribution in [0.1, 0.15) is 50.3 Å². The number of allylic oxidation sites excluding steroid dienone is 2. The van der Waals surface area contributed by atoms with Gasteiger partial charge in [-0.05, 0) is 69.4 Å². The van der Waals surface area contributed by atoms with Gasteiger partial charge in [0.25, 0.3) is 0 Å². The number of carbonyl (C=O) groups excluding carboxylic acids is 1. The van der Waals surface area contributed by atoms with Crippen molar-refractivity contribution in [1.29, 1.82) is 0 Å². The number of benzene rings is 1. The van der Waals surface area contributed by atoms with Crippen molar-refractivity contribution in [2.45, 2.75) is 51.6 Å². The maximum absolute atomic E-state index is 13.5. The van der Waals surface area contributed by atoms with Crippen molar-refractivity contribution in [3.63, 3.8) is 0 Å². The molecule has 1 aliphatic heterocycles. The molecule has 0 bridgehead atoms. The number of amides is 1. The van der Waals surface area contributed by atoms with Gasteiger partial charge in [-0.2, -0.15) is 0 Å². The predicted molar refractivity (Wildman–Crippen MR) is 97.5 cm³/mol. The van der Waals surface area contributed by atoms with Crippen LogP contribution in [0, 0.1) is 12.7 Å². The number of nitrogens with two attached hydrogens (primary N) is 1. The third-order valence-corrected chi connectivity index (χ3v) is 4.86. The van der Waals surface area contributed by atoms with Crippen molar-refractivity contribution in [3.8, 4) is 0 Å². The van der Waals surface area contributed by atoms with E-state index in [1.54, 1.807) is 24.0 Å². The lowest BCUT2D eigenvalue weighted by atomic mass is 9.78. The van der Waals surface area contributed by atoms with E-state index in [0.717, 1.165) is 11.1 Å². The van der Waals surface area contributed by atoms with Crippen LogP contribution in [-0.2, 0) is 4.74 Å². The summed E-state index contributed by atoms with van der Waals surface area (Å²) in [6.07, 6.45) is 5.07. The smallest absolute Gasteiger partial charge is 0.415 e. The Labute approximate surface area is 149 Å². The summed E-state index contributed by atoms with van der Waals surface area (Å²) in [6, 6.07) is 4.38. The van der Waals surface area contributed by atoms with E-state index in [4.69, 9.17) is 10.5 Å². The molecule has 0 radical (unpaired) electrons. The Morgan fingerprint density at radius 3 is 2.88 bits per heavy atom. The lowest BCUT2D eigenvalue weighted by Gasteiger charge is -2.44. The summed E-state index contributed by atoms with van der Waals surface area (Å²) < 4.78 is 18.9. The van der Waals surface area contributed by atoms with Gasteiger partial charge in [0.05, 0.1) is 6.04 Å². The molecule has 1 heterocycles. The summed E-state index contributed by atoms with van der Waals surface area (Å²) in [5.74, 6) is 0.260. The summed E-state index contributed by atoms with van der Waals surface area (Å²) in [5.41, 5.74) is 7.80. The van der Waals surface area contributed by atoms with E-state index in [1.807, 2.05) is 19.9 Å². The van der Waals surface area contributed by atoms with Gasteiger partial charge in [0, 0.05) is 12.1 Å².